The van der Waals surface area contributed by atoms with Crippen LogP contribution < -0.4 is 5.32 Å². The van der Waals surface area contributed by atoms with Gasteiger partial charge in [0.15, 0.2) is 6.61 Å². The van der Waals surface area contributed by atoms with E-state index in [0.29, 0.717) is 24.3 Å². The van der Waals surface area contributed by atoms with Crippen LogP contribution in [0.15, 0.2) is 29.8 Å². The molecule has 1 amide bonds. The van der Waals surface area contributed by atoms with Crippen LogP contribution in [0, 0.1) is 37.9 Å². The van der Waals surface area contributed by atoms with Crippen LogP contribution in [0.1, 0.15) is 22.5 Å². The van der Waals surface area contributed by atoms with Gasteiger partial charge in [-0.15, -0.1) is 0 Å². The van der Waals surface area contributed by atoms with Gasteiger partial charge in [-0.2, -0.15) is 5.26 Å². The number of ether oxygens (including phenoxy) is 2. The van der Waals surface area contributed by atoms with Crippen molar-refractivity contribution in [3.63, 3.8) is 0 Å². The molecule has 2 rings (SSSR count). The Morgan fingerprint density at radius 2 is 2.00 bits per heavy atom. The largest absolute Gasteiger partial charge is 0.451 e. The maximum atomic E-state index is 13.5. The van der Waals surface area contributed by atoms with E-state index in [-0.39, 0.29) is 11.3 Å². The zero-order chi connectivity index (χ0) is 22.3. The highest BCUT2D eigenvalue weighted by Gasteiger charge is 2.16. The van der Waals surface area contributed by atoms with Crippen LogP contribution in [0.3, 0.4) is 0 Å². The topological polar surface area (TPSA) is 93.3 Å². The van der Waals surface area contributed by atoms with Crippen molar-refractivity contribution in [2.45, 2.75) is 27.3 Å². The Labute approximate surface area is 174 Å². The monoisotopic (exact) mass is 413 g/mol. The average Bonchev–Trinajstić information content (AvgIpc) is 2.98. The molecule has 0 fully saturated rings. The third-order valence-electron chi connectivity index (χ3n) is 4.56. The van der Waals surface area contributed by atoms with Crippen LogP contribution >= 0.6 is 0 Å². The molecule has 0 saturated carbocycles. The zero-order valence-electron chi connectivity index (χ0n) is 17.4. The van der Waals surface area contributed by atoms with E-state index in [1.54, 1.807) is 14.0 Å². The van der Waals surface area contributed by atoms with Gasteiger partial charge in [0.25, 0.3) is 5.91 Å². The lowest BCUT2D eigenvalue weighted by Crippen LogP contribution is -2.21. The Balaban J connectivity index is 2.03. The number of aryl methyl sites for hydroxylation is 2. The van der Waals surface area contributed by atoms with E-state index in [9.17, 15) is 19.2 Å². The Morgan fingerprint density at radius 3 is 2.63 bits per heavy atom. The number of hydrogen-bond donors (Lipinski definition) is 1. The summed E-state index contributed by atoms with van der Waals surface area (Å²) < 4.78 is 25.6. The Bertz CT molecular complexity index is 1020. The number of nitriles is 1. The number of hydrogen-bond acceptors (Lipinski definition) is 5. The zero-order valence-corrected chi connectivity index (χ0v) is 17.4. The molecule has 30 heavy (non-hydrogen) atoms. The lowest BCUT2D eigenvalue weighted by atomic mass is 10.1. The first-order chi connectivity index (χ1) is 14.3. The summed E-state index contributed by atoms with van der Waals surface area (Å²) in [4.78, 5) is 24.2. The van der Waals surface area contributed by atoms with Crippen LogP contribution in [-0.4, -0.2) is 36.8 Å². The molecule has 0 aliphatic carbocycles. The molecule has 0 saturated heterocycles. The number of methoxy groups -OCH3 is 1. The van der Waals surface area contributed by atoms with E-state index in [0.717, 1.165) is 11.4 Å². The molecular formula is C22H24FN3O4. The highest BCUT2D eigenvalue weighted by molar-refractivity contribution is 6.00. The summed E-state index contributed by atoms with van der Waals surface area (Å²) in [6, 6.07) is 7.90. The fourth-order valence-corrected chi connectivity index (χ4v) is 2.87. The minimum Gasteiger partial charge on any atom is -0.451 e. The molecule has 7 nitrogen and oxygen atoms in total. The van der Waals surface area contributed by atoms with Crippen molar-refractivity contribution in [2.75, 3.05) is 25.6 Å². The molecule has 158 valence electrons. The maximum absolute atomic E-state index is 13.5. The Kier molecular flexibility index (Phi) is 7.90. The predicted molar refractivity (Wildman–Crippen MR) is 110 cm³/mol. The quantitative estimate of drug-likeness (QED) is 0.407. The van der Waals surface area contributed by atoms with Gasteiger partial charge in [-0.25, -0.2) is 9.18 Å². The second-order valence-electron chi connectivity index (χ2n) is 6.73. The van der Waals surface area contributed by atoms with Crippen LogP contribution in [0.25, 0.3) is 6.08 Å². The first-order valence-electron chi connectivity index (χ1n) is 9.27. The Morgan fingerprint density at radius 1 is 1.27 bits per heavy atom. The van der Waals surface area contributed by atoms with E-state index < -0.39 is 24.3 Å². The number of amides is 1. The number of benzene rings is 1. The van der Waals surface area contributed by atoms with Crippen molar-refractivity contribution < 1.29 is 23.5 Å². The van der Waals surface area contributed by atoms with Crippen molar-refractivity contribution in [3.05, 3.63) is 58.2 Å². The number of halogens is 1. The maximum Gasteiger partial charge on any atom is 0.349 e. The lowest BCUT2D eigenvalue weighted by Gasteiger charge is -2.08. The molecule has 2 aromatic rings. The third-order valence-corrected chi connectivity index (χ3v) is 4.56. The highest BCUT2D eigenvalue weighted by Crippen LogP contribution is 2.19. The van der Waals surface area contributed by atoms with Crippen molar-refractivity contribution in [3.8, 4) is 6.07 Å². The molecule has 0 atom stereocenters. The van der Waals surface area contributed by atoms with E-state index in [1.165, 1.54) is 24.3 Å². The number of nitrogens with one attached hydrogen (secondary N) is 1. The summed E-state index contributed by atoms with van der Waals surface area (Å²) in [5.74, 6) is -2.01. The molecular weight excluding hydrogens is 389 g/mol. The first-order valence-corrected chi connectivity index (χ1v) is 9.27. The summed E-state index contributed by atoms with van der Waals surface area (Å²) in [7, 11) is 1.62. The minimum atomic E-state index is -0.913. The summed E-state index contributed by atoms with van der Waals surface area (Å²) in [5.41, 5.74) is 3.02. The van der Waals surface area contributed by atoms with E-state index in [4.69, 9.17) is 9.47 Å². The van der Waals surface area contributed by atoms with Gasteiger partial charge in [-0.05, 0) is 56.2 Å². The Hall–Kier alpha value is -3.44. The summed E-state index contributed by atoms with van der Waals surface area (Å²) in [5, 5.41) is 11.8. The van der Waals surface area contributed by atoms with E-state index in [1.807, 2.05) is 30.6 Å². The second kappa shape index (κ2) is 10.4. The minimum absolute atomic E-state index is 0.226. The van der Waals surface area contributed by atoms with Crippen LogP contribution in [0.4, 0.5) is 10.1 Å². The van der Waals surface area contributed by atoms with Crippen molar-refractivity contribution in [1.29, 1.82) is 5.26 Å². The number of anilines is 1. The summed E-state index contributed by atoms with van der Waals surface area (Å²) in [6.45, 7) is 5.99. The molecule has 0 aliphatic rings. The molecule has 0 aliphatic heterocycles. The smallest absolute Gasteiger partial charge is 0.349 e. The average molecular weight is 413 g/mol. The van der Waals surface area contributed by atoms with Gasteiger partial charge < -0.3 is 19.4 Å². The molecule has 1 N–H and O–H groups in total. The second-order valence-corrected chi connectivity index (χ2v) is 6.73. The van der Waals surface area contributed by atoms with Gasteiger partial charge in [-0.1, -0.05) is 6.07 Å². The SMILES string of the molecule is COCCn1c(C)cc(/C=C(\C#N)C(=O)OCC(=O)Nc2ccc(C)c(F)c2)c1C. The van der Waals surface area contributed by atoms with E-state index in [2.05, 4.69) is 5.32 Å². The number of nitrogens with zero attached hydrogens (tertiary/aromatic N) is 2. The van der Waals surface area contributed by atoms with Crippen LogP contribution in [0.5, 0.6) is 0 Å². The molecule has 0 radical (unpaired) electrons. The summed E-state index contributed by atoms with van der Waals surface area (Å²) in [6.07, 6.45) is 1.43. The van der Waals surface area contributed by atoms with Gasteiger partial charge in [0.1, 0.15) is 17.5 Å². The van der Waals surface area contributed by atoms with Crippen molar-refractivity contribution in [1.82, 2.24) is 4.57 Å². The number of rotatable bonds is 8. The van der Waals surface area contributed by atoms with Crippen LogP contribution in [0.2, 0.25) is 0 Å². The number of esters is 1. The van der Waals surface area contributed by atoms with Crippen molar-refractivity contribution in [2.24, 2.45) is 0 Å². The van der Waals surface area contributed by atoms with Gasteiger partial charge in [0.2, 0.25) is 0 Å². The number of carbonyl (C=O) groups is 2. The molecule has 0 spiro atoms. The summed E-state index contributed by atoms with van der Waals surface area (Å²) >= 11 is 0. The molecule has 0 bridgehead atoms. The van der Waals surface area contributed by atoms with Gasteiger partial charge >= 0.3 is 5.97 Å². The van der Waals surface area contributed by atoms with E-state index >= 15 is 0 Å². The highest BCUT2D eigenvalue weighted by atomic mass is 19.1. The van der Waals surface area contributed by atoms with Crippen molar-refractivity contribution >= 4 is 23.6 Å². The number of aromatic nitrogens is 1. The van der Waals surface area contributed by atoms with Gasteiger partial charge in [0.05, 0.1) is 6.61 Å². The van der Waals surface area contributed by atoms with Crippen LogP contribution in [-0.2, 0) is 25.6 Å². The molecule has 0 unspecified atom stereocenters. The number of carbonyl (C=O) groups excluding carboxylic acids is 2. The lowest BCUT2D eigenvalue weighted by molar-refractivity contribution is -0.142. The van der Waals surface area contributed by atoms with Gasteiger partial charge in [-0.3, -0.25) is 4.79 Å². The first kappa shape index (κ1) is 22.8. The third kappa shape index (κ3) is 5.78. The molecule has 1 aromatic heterocycles. The van der Waals surface area contributed by atoms with Gasteiger partial charge in [0, 0.05) is 30.7 Å². The predicted octanol–water partition coefficient (Wildman–Crippen LogP) is 3.29. The molecule has 1 aromatic carbocycles. The standard InChI is InChI=1S/C22H24FN3O4/c1-14-5-6-19(11-20(14)23)25-21(27)13-30-22(28)18(12-24)10-17-9-15(2)26(16(17)3)7-8-29-4/h5-6,9-11H,7-8,13H2,1-4H3,(H,25,27)/b18-10+. The normalized spacial score (nSPS) is 11.1. The molecule has 8 heteroatoms. The fourth-order valence-electron chi connectivity index (χ4n) is 2.87. The fraction of sp³-hybridized carbons (Fsp3) is 0.318. The molecule has 1 heterocycles.